The minimum absolute atomic E-state index is 0.0143. The number of hydrogen-bond donors (Lipinski definition) is 2. The molecule has 0 spiro atoms. The van der Waals surface area contributed by atoms with Crippen LogP contribution < -0.4 is 15.6 Å². The second kappa shape index (κ2) is 16.2. The number of thioether (sulfide) groups is 1. The number of hydrogen-bond acceptors (Lipinski definition) is 6. The zero-order chi connectivity index (χ0) is 26.4. The normalized spacial score (nSPS) is 13.5. The van der Waals surface area contributed by atoms with Gasteiger partial charge in [-0.25, -0.2) is 0 Å². The first-order valence-corrected chi connectivity index (χ1v) is 14.0. The van der Waals surface area contributed by atoms with Crippen LogP contribution in [0.3, 0.4) is 0 Å². The number of ketones is 1. The third kappa shape index (κ3) is 13.3. The van der Waals surface area contributed by atoms with Gasteiger partial charge in [-0.15, -0.1) is 4.48 Å². The van der Waals surface area contributed by atoms with E-state index in [9.17, 15) is 14.1 Å². The van der Waals surface area contributed by atoms with Crippen LogP contribution in [0.2, 0.25) is 0 Å². The number of amides is 1. The molecule has 0 aliphatic carbocycles. The van der Waals surface area contributed by atoms with E-state index in [1.807, 2.05) is 49.9 Å². The van der Waals surface area contributed by atoms with E-state index < -0.39 is 0 Å². The van der Waals surface area contributed by atoms with Crippen LogP contribution in [0.4, 0.5) is 4.48 Å². The number of unbranched alkanes of at least 4 members (excludes halogenated alkanes) is 1. The first kappa shape index (κ1) is 31.4. The van der Waals surface area contributed by atoms with Crippen molar-refractivity contribution in [2.75, 3.05) is 31.7 Å². The third-order valence-electron chi connectivity index (χ3n) is 5.71. The molecule has 2 unspecified atom stereocenters. The average Bonchev–Trinajstić information content (AvgIpc) is 2.78. The number of ether oxygens (including phenoxy) is 1. The van der Waals surface area contributed by atoms with Crippen LogP contribution in [0.1, 0.15) is 66.4 Å². The van der Waals surface area contributed by atoms with Gasteiger partial charge < -0.3 is 15.0 Å². The first-order valence-electron chi connectivity index (χ1n) is 12.6. The molecule has 2 atom stereocenters. The van der Waals surface area contributed by atoms with E-state index in [2.05, 4.69) is 26.1 Å². The van der Waals surface area contributed by atoms with E-state index in [1.165, 1.54) is 0 Å². The van der Waals surface area contributed by atoms with Gasteiger partial charge in [-0.1, -0.05) is 32.4 Å². The Morgan fingerprint density at radius 1 is 1.11 bits per heavy atom. The highest BCUT2D eigenvalue weighted by molar-refractivity contribution is 7.98. The van der Waals surface area contributed by atoms with Gasteiger partial charge >= 0.3 is 0 Å². The van der Waals surface area contributed by atoms with Gasteiger partial charge in [-0.05, 0) is 64.0 Å². The van der Waals surface area contributed by atoms with Gasteiger partial charge in [-0.3, -0.25) is 9.59 Å². The molecule has 1 amide bonds. The number of rotatable bonds is 17. The van der Waals surface area contributed by atoms with Gasteiger partial charge in [0, 0.05) is 36.7 Å². The summed E-state index contributed by atoms with van der Waals surface area (Å²) in [6.07, 6.45) is 5.03. The van der Waals surface area contributed by atoms with Gasteiger partial charge in [0.25, 0.3) is 0 Å². The summed E-state index contributed by atoms with van der Waals surface area (Å²) in [6, 6.07) is 7.45. The molecule has 6 nitrogen and oxygen atoms in total. The van der Waals surface area contributed by atoms with Crippen LogP contribution in [-0.4, -0.2) is 65.9 Å². The van der Waals surface area contributed by atoms with Gasteiger partial charge in [-0.2, -0.15) is 17.3 Å². The van der Waals surface area contributed by atoms with Crippen molar-refractivity contribution in [3.05, 3.63) is 29.8 Å². The highest BCUT2D eigenvalue weighted by Gasteiger charge is 2.25. The highest BCUT2D eigenvalue weighted by atomic mass is 32.2. The number of carbonyl (C=O) groups is 2. The molecule has 1 aromatic rings. The van der Waals surface area contributed by atoms with Crippen molar-refractivity contribution in [2.45, 2.75) is 84.8 Å². The second-order valence-corrected chi connectivity index (χ2v) is 11.4. The molecular formula is C27H46FN3O3S. The summed E-state index contributed by atoms with van der Waals surface area (Å²) in [6.45, 7) is 13.2. The maximum absolute atomic E-state index is 12.7. The van der Waals surface area contributed by atoms with Crippen molar-refractivity contribution < 1.29 is 18.8 Å². The molecule has 0 saturated carbocycles. The Morgan fingerprint density at radius 3 is 2.29 bits per heavy atom. The fourth-order valence-corrected chi connectivity index (χ4v) is 4.50. The van der Waals surface area contributed by atoms with Gasteiger partial charge in [0.05, 0.1) is 12.6 Å². The number of halogens is 1. The fourth-order valence-electron chi connectivity index (χ4n) is 3.87. The van der Waals surface area contributed by atoms with Crippen LogP contribution in [0, 0.1) is 5.92 Å². The number of nitrogens with one attached hydrogen (secondary N) is 2. The quantitative estimate of drug-likeness (QED) is 0.231. The molecule has 200 valence electrons. The smallest absolute Gasteiger partial charge is 0.219 e. The maximum Gasteiger partial charge on any atom is 0.219 e. The molecule has 0 saturated heterocycles. The third-order valence-corrected chi connectivity index (χ3v) is 6.45. The summed E-state index contributed by atoms with van der Waals surface area (Å²) < 4.78 is 18.6. The minimum atomic E-state index is -0.234. The SMILES string of the molecule is CSCC(CCCCN(CCOc1ccc(CC(NC(C)(C)C)C(=O)C(C)C)cc1)C(C)=O)NF. The van der Waals surface area contributed by atoms with Crippen molar-refractivity contribution in [3.8, 4) is 5.75 Å². The van der Waals surface area contributed by atoms with Crippen LogP contribution in [0.15, 0.2) is 24.3 Å². The minimum Gasteiger partial charge on any atom is -0.492 e. The van der Waals surface area contributed by atoms with Crippen molar-refractivity contribution in [3.63, 3.8) is 0 Å². The lowest BCUT2D eigenvalue weighted by molar-refractivity contribution is -0.129. The van der Waals surface area contributed by atoms with E-state index in [0.29, 0.717) is 26.1 Å². The number of nitrogens with zero attached hydrogens (tertiary/aromatic N) is 1. The number of benzene rings is 1. The van der Waals surface area contributed by atoms with E-state index in [-0.39, 0.29) is 35.2 Å². The molecule has 0 aliphatic heterocycles. The molecule has 1 rings (SSSR count). The standard InChI is InChI=1S/C27H46FN3O3S/c1-20(2)26(33)25(29-27(4,5)6)18-22-11-13-24(14-12-22)34-17-16-31(21(3)32)15-9-8-10-23(30-28)19-35-7/h11-14,20,23,25,29-30H,8-10,15-19H2,1-7H3. The van der Waals surface area contributed by atoms with E-state index in [1.54, 1.807) is 23.6 Å². The molecule has 0 heterocycles. The lowest BCUT2D eigenvalue weighted by Gasteiger charge is -2.29. The molecule has 0 aliphatic rings. The van der Waals surface area contributed by atoms with Gasteiger partial charge in [0.1, 0.15) is 12.4 Å². The Bertz CT molecular complexity index is 753. The molecule has 2 N–H and O–H groups in total. The van der Waals surface area contributed by atoms with E-state index in [0.717, 1.165) is 36.3 Å². The van der Waals surface area contributed by atoms with Crippen molar-refractivity contribution in [2.24, 2.45) is 5.92 Å². The molecule has 35 heavy (non-hydrogen) atoms. The summed E-state index contributed by atoms with van der Waals surface area (Å²) >= 11 is 1.62. The molecule has 1 aromatic carbocycles. The molecule has 0 fully saturated rings. The van der Waals surface area contributed by atoms with Gasteiger partial charge in [0.15, 0.2) is 5.78 Å². The van der Waals surface area contributed by atoms with Crippen molar-refractivity contribution in [1.82, 2.24) is 15.8 Å². The Hall–Kier alpha value is -1.64. The Balaban J connectivity index is 2.53. The average molecular weight is 512 g/mol. The molecular weight excluding hydrogens is 465 g/mol. The maximum atomic E-state index is 12.7. The van der Waals surface area contributed by atoms with Crippen LogP contribution >= 0.6 is 11.8 Å². The van der Waals surface area contributed by atoms with Crippen LogP contribution in [0.5, 0.6) is 5.75 Å². The fraction of sp³-hybridized carbons (Fsp3) is 0.704. The van der Waals surface area contributed by atoms with E-state index in [4.69, 9.17) is 4.74 Å². The zero-order valence-corrected chi connectivity index (χ0v) is 23.5. The summed E-state index contributed by atoms with van der Waals surface area (Å²) in [5, 5.41) is 3.45. The van der Waals surface area contributed by atoms with Crippen LogP contribution in [0.25, 0.3) is 0 Å². The second-order valence-electron chi connectivity index (χ2n) is 10.5. The van der Waals surface area contributed by atoms with Crippen molar-refractivity contribution >= 4 is 23.5 Å². The Kier molecular flexibility index (Phi) is 14.5. The molecule has 0 bridgehead atoms. The van der Waals surface area contributed by atoms with Crippen LogP contribution in [-0.2, 0) is 16.0 Å². The van der Waals surface area contributed by atoms with Crippen molar-refractivity contribution in [1.29, 1.82) is 0 Å². The largest absolute Gasteiger partial charge is 0.492 e. The Labute approximate surface area is 216 Å². The topological polar surface area (TPSA) is 70.7 Å². The predicted octanol–water partition coefficient (Wildman–Crippen LogP) is 4.81. The summed E-state index contributed by atoms with van der Waals surface area (Å²) in [5.74, 6) is 1.67. The summed E-state index contributed by atoms with van der Waals surface area (Å²) in [5.41, 5.74) is 2.78. The molecule has 0 aromatic heterocycles. The summed E-state index contributed by atoms with van der Waals surface area (Å²) in [7, 11) is 0. The molecule has 0 radical (unpaired) electrons. The molecule has 8 heteroatoms. The number of carbonyl (C=O) groups excluding carboxylic acids is 2. The van der Waals surface area contributed by atoms with E-state index >= 15 is 0 Å². The first-order chi connectivity index (χ1) is 16.5. The monoisotopic (exact) mass is 511 g/mol. The zero-order valence-electron chi connectivity index (χ0n) is 22.7. The highest BCUT2D eigenvalue weighted by Crippen LogP contribution is 2.17. The predicted molar refractivity (Wildman–Crippen MR) is 145 cm³/mol. The number of Topliss-reactive ketones (excluding diaryl/α,β-unsaturated/α-hetero) is 1. The van der Waals surface area contributed by atoms with Gasteiger partial charge in [0.2, 0.25) is 5.91 Å². The lowest BCUT2D eigenvalue weighted by atomic mass is 9.93. The summed E-state index contributed by atoms with van der Waals surface area (Å²) in [4.78, 5) is 26.4. The Morgan fingerprint density at radius 2 is 1.77 bits per heavy atom. The lowest BCUT2D eigenvalue weighted by Crippen LogP contribution is -2.50.